The van der Waals surface area contributed by atoms with Crippen molar-refractivity contribution < 1.29 is 23.1 Å². The van der Waals surface area contributed by atoms with Crippen LogP contribution in [0.1, 0.15) is 25.8 Å². The van der Waals surface area contributed by atoms with Gasteiger partial charge in [-0.3, -0.25) is 4.79 Å². The zero-order valence-corrected chi connectivity index (χ0v) is 14.5. The molecule has 130 valence electrons. The van der Waals surface area contributed by atoms with Gasteiger partial charge in [0, 0.05) is 7.11 Å². The van der Waals surface area contributed by atoms with Crippen LogP contribution in [0.25, 0.3) is 0 Å². The number of hydrogen-bond donors (Lipinski definition) is 2. The second-order valence-corrected chi connectivity index (χ2v) is 7.45. The SMILES string of the molecule is CC[C@H](C)[C@H](NS(=O)(=O)CC(Cc1ccccc1)OC)C(=O)O. The zero-order valence-electron chi connectivity index (χ0n) is 13.7. The molecule has 0 saturated heterocycles. The Kier molecular flexibility index (Phi) is 7.67. The van der Waals surface area contributed by atoms with Crippen LogP contribution in [0, 0.1) is 5.92 Å². The lowest BCUT2D eigenvalue weighted by atomic mass is 10.0. The molecule has 0 aliphatic carbocycles. The summed E-state index contributed by atoms with van der Waals surface area (Å²) in [6.07, 6.45) is 0.470. The number of carboxylic acids is 1. The van der Waals surface area contributed by atoms with Gasteiger partial charge in [0.1, 0.15) is 6.04 Å². The average molecular weight is 343 g/mol. The maximum absolute atomic E-state index is 12.3. The normalized spacial score (nSPS) is 15.8. The van der Waals surface area contributed by atoms with Crippen LogP contribution < -0.4 is 4.72 Å². The largest absolute Gasteiger partial charge is 0.480 e. The maximum atomic E-state index is 12.3. The molecular formula is C16H25NO5S. The monoisotopic (exact) mass is 343 g/mol. The molecule has 6 nitrogen and oxygen atoms in total. The highest BCUT2D eigenvalue weighted by atomic mass is 32.2. The minimum atomic E-state index is -3.77. The standard InChI is InChI=1S/C16H25NO5S/c1-4-12(2)15(16(18)19)17-23(20,21)11-14(22-3)10-13-8-6-5-7-9-13/h5-9,12,14-15,17H,4,10-11H2,1-3H3,(H,18,19)/t12-,14?,15-/m0/s1. The Morgan fingerprint density at radius 3 is 2.39 bits per heavy atom. The van der Waals surface area contributed by atoms with Crippen LogP contribution in [-0.2, 0) is 26.0 Å². The van der Waals surface area contributed by atoms with Crippen molar-refractivity contribution >= 4 is 16.0 Å². The van der Waals surface area contributed by atoms with E-state index in [1.54, 1.807) is 6.92 Å². The number of nitrogens with one attached hydrogen (secondary N) is 1. The molecule has 0 aliphatic rings. The van der Waals surface area contributed by atoms with E-state index in [1.807, 2.05) is 37.3 Å². The number of ether oxygens (including phenoxy) is 1. The minimum absolute atomic E-state index is 0.279. The molecule has 7 heteroatoms. The van der Waals surface area contributed by atoms with Crippen molar-refractivity contribution in [1.82, 2.24) is 4.72 Å². The summed E-state index contributed by atoms with van der Waals surface area (Å²) < 4.78 is 32.1. The van der Waals surface area contributed by atoms with Gasteiger partial charge in [0.15, 0.2) is 0 Å². The lowest BCUT2D eigenvalue weighted by molar-refractivity contribution is -0.140. The molecule has 0 amide bonds. The van der Waals surface area contributed by atoms with E-state index in [2.05, 4.69) is 4.72 Å². The highest BCUT2D eigenvalue weighted by Gasteiger charge is 2.30. The van der Waals surface area contributed by atoms with E-state index < -0.39 is 28.1 Å². The summed E-state index contributed by atoms with van der Waals surface area (Å²) in [6.45, 7) is 3.53. The third kappa shape index (κ3) is 6.68. The Hall–Kier alpha value is -1.44. The first-order chi connectivity index (χ1) is 10.8. The fourth-order valence-electron chi connectivity index (χ4n) is 2.22. The van der Waals surface area contributed by atoms with Crippen LogP contribution in [0.2, 0.25) is 0 Å². The van der Waals surface area contributed by atoms with Crippen molar-refractivity contribution in [3.05, 3.63) is 35.9 Å². The second kappa shape index (κ2) is 9.00. The third-order valence-electron chi connectivity index (χ3n) is 3.83. The van der Waals surface area contributed by atoms with E-state index >= 15 is 0 Å². The Labute approximate surface area is 137 Å². The molecule has 1 aromatic carbocycles. The Morgan fingerprint density at radius 2 is 1.91 bits per heavy atom. The van der Waals surface area contributed by atoms with Crippen LogP contribution in [0.4, 0.5) is 0 Å². The van der Waals surface area contributed by atoms with E-state index in [9.17, 15) is 18.3 Å². The first-order valence-corrected chi connectivity index (χ1v) is 9.23. The minimum Gasteiger partial charge on any atom is -0.480 e. The third-order valence-corrected chi connectivity index (χ3v) is 5.25. The molecule has 0 fully saturated rings. The number of rotatable bonds is 10. The van der Waals surface area contributed by atoms with Crippen molar-refractivity contribution in [3.63, 3.8) is 0 Å². The first kappa shape index (κ1) is 19.6. The van der Waals surface area contributed by atoms with Gasteiger partial charge in [-0.1, -0.05) is 50.6 Å². The molecule has 23 heavy (non-hydrogen) atoms. The second-order valence-electron chi connectivity index (χ2n) is 5.65. The highest BCUT2D eigenvalue weighted by Crippen LogP contribution is 2.12. The van der Waals surface area contributed by atoms with Crippen molar-refractivity contribution in [2.75, 3.05) is 12.9 Å². The molecule has 0 aliphatic heterocycles. The van der Waals surface area contributed by atoms with E-state index in [-0.39, 0.29) is 11.7 Å². The van der Waals surface area contributed by atoms with E-state index in [1.165, 1.54) is 7.11 Å². The molecule has 0 bridgehead atoms. The number of methoxy groups -OCH3 is 1. The van der Waals surface area contributed by atoms with Crippen LogP contribution in [0.5, 0.6) is 0 Å². The van der Waals surface area contributed by atoms with Gasteiger partial charge in [-0.25, -0.2) is 13.1 Å². The molecule has 3 atom stereocenters. The lowest BCUT2D eigenvalue weighted by Gasteiger charge is -2.22. The number of sulfonamides is 1. The summed E-state index contributed by atoms with van der Waals surface area (Å²) in [6, 6.07) is 8.29. The van der Waals surface area contributed by atoms with Gasteiger partial charge in [-0.05, 0) is 17.9 Å². The van der Waals surface area contributed by atoms with Crippen molar-refractivity contribution in [3.8, 4) is 0 Å². The number of hydrogen-bond acceptors (Lipinski definition) is 4. The zero-order chi connectivity index (χ0) is 17.5. The number of benzene rings is 1. The summed E-state index contributed by atoms with van der Waals surface area (Å²) in [5, 5.41) is 9.21. The quantitative estimate of drug-likeness (QED) is 0.674. The van der Waals surface area contributed by atoms with Gasteiger partial charge >= 0.3 is 5.97 Å². The molecule has 0 saturated carbocycles. The summed E-state index contributed by atoms with van der Waals surface area (Å²) in [7, 11) is -2.32. The van der Waals surface area contributed by atoms with Gasteiger partial charge in [0.25, 0.3) is 0 Å². The van der Waals surface area contributed by atoms with Gasteiger partial charge in [0.05, 0.1) is 11.9 Å². The van der Waals surface area contributed by atoms with Gasteiger partial charge in [-0.2, -0.15) is 0 Å². The summed E-state index contributed by atoms with van der Waals surface area (Å²) in [4.78, 5) is 11.3. The Bertz CT molecular complexity index is 588. The number of carbonyl (C=O) groups is 1. The fraction of sp³-hybridized carbons (Fsp3) is 0.562. The summed E-state index contributed by atoms with van der Waals surface area (Å²) in [5.74, 6) is -1.74. The van der Waals surface area contributed by atoms with Crippen LogP contribution in [-0.4, -0.2) is 44.5 Å². The van der Waals surface area contributed by atoms with E-state index in [0.717, 1.165) is 5.56 Å². The van der Waals surface area contributed by atoms with Crippen molar-refractivity contribution in [2.45, 2.75) is 38.8 Å². The number of aliphatic carboxylic acids is 1. The molecular weight excluding hydrogens is 318 g/mol. The molecule has 0 heterocycles. The van der Waals surface area contributed by atoms with Crippen LogP contribution >= 0.6 is 0 Å². The molecule has 0 aromatic heterocycles. The molecule has 1 unspecified atom stereocenters. The van der Waals surface area contributed by atoms with E-state index in [0.29, 0.717) is 12.8 Å². The van der Waals surface area contributed by atoms with Gasteiger partial charge in [-0.15, -0.1) is 0 Å². The predicted octanol–water partition coefficient (Wildman–Crippen LogP) is 1.66. The van der Waals surface area contributed by atoms with Gasteiger partial charge < -0.3 is 9.84 Å². The lowest BCUT2D eigenvalue weighted by Crippen LogP contribution is -2.47. The molecule has 2 N–H and O–H groups in total. The Morgan fingerprint density at radius 1 is 1.30 bits per heavy atom. The van der Waals surface area contributed by atoms with Crippen molar-refractivity contribution in [1.29, 1.82) is 0 Å². The summed E-state index contributed by atoms with van der Waals surface area (Å²) in [5.41, 5.74) is 0.964. The smallest absolute Gasteiger partial charge is 0.322 e. The fourth-order valence-corrected chi connectivity index (χ4v) is 3.78. The topological polar surface area (TPSA) is 92.7 Å². The first-order valence-electron chi connectivity index (χ1n) is 7.58. The summed E-state index contributed by atoms with van der Waals surface area (Å²) >= 11 is 0. The molecule has 0 radical (unpaired) electrons. The number of carboxylic acid groups (broad SMARTS) is 1. The van der Waals surface area contributed by atoms with Crippen LogP contribution in [0.15, 0.2) is 30.3 Å². The molecule has 1 aromatic rings. The Balaban J connectivity index is 2.76. The molecule has 1 rings (SSSR count). The van der Waals surface area contributed by atoms with Crippen LogP contribution in [0.3, 0.4) is 0 Å². The molecule has 0 spiro atoms. The van der Waals surface area contributed by atoms with Crippen molar-refractivity contribution in [2.24, 2.45) is 5.92 Å². The van der Waals surface area contributed by atoms with Gasteiger partial charge in [0.2, 0.25) is 10.0 Å². The predicted molar refractivity (Wildman–Crippen MR) is 88.7 cm³/mol. The average Bonchev–Trinajstić information content (AvgIpc) is 2.51. The van der Waals surface area contributed by atoms with E-state index in [4.69, 9.17) is 4.74 Å². The highest BCUT2D eigenvalue weighted by molar-refractivity contribution is 7.89. The maximum Gasteiger partial charge on any atom is 0.322 e.